The number of nitro groups is 1. The van der Waals surface area contributed by atoms with Gasteiger partial charge >= 0.3 is 6.09 Å². The van der Waals surface area contributed by atoms with Gasteiger partial charge in [0, 0.05) is 29.8 Å². The van der Waals surface area contributed by atoms with Crippen LogP contribution in [0, 0.1) is 10.1 Å². The summed E-state index contributed by atoms with van der Waals surface area (Å²) in [5.41, 5.74) is 4.98. The van der Waals surface area contributed by atoms with Crippen molar-refractivity contribution in [3.8, 4) is 39.7 Å². The fourth-order valence-corrected chi connectivity index (χ4v) is 3.29. The second kappa shape index (κ2) is 7.76. The molecular weight excluding hydrogens is 420 g/mol. The quantitative estimate of drug-likeness (QED) is 0.321. The van der Waals surface area contributed by atoms with Crippen molar-refractivity contribution in [2.75, 3.05) is 0 Å². The van der Waals surface area contributed by atoms with E-state index in [1.165, 1.54) is 54.6 Å². The second-order valence-corrected chi connectivity index (χ2v) is 6.72. The van der Waals surface area contributed by atoms with Crippen molar-refractivity contribution in [2.45, 2.75) is 0 Å². The molecule has 0 aliphatic rings. The minimum atomic E-state index is -1.19. The molecule has 0 aliphatic carbocycles. The van der Waals surface area contributed by atoms with Crippen molar-refractivity contribution in [1.29, 1.82) is 0 Å². The molecular formula is C22H14N2O8. The molecule has 3 aromatic carbocycles. The predicted molar refractivity (Wildman–Crippen MR) is 114 cm³/mol. The Morgan fingerprint density at radius 3 is 2.19 bits per heavy atom. The van der Waals surface area contributed by atoms with Gasteiger partial charge < -0.3 is 25.1 Å². The Hall–Kier alpha value is -4.86. The first-order valence-electron chi connectivity index (χ1n) is 9.10. The van der Waals surface area contributed by atoms with Gasteiger partial charge in [-0.15, -0.1) is 0 Å². The molecule has 4 aromatic rings. The molecule has 32 heavy (non-hydrogen) atoms. The summed E-state index contributed by atoms with van der Waals surface area (Å²) < 4.78 is 10.8. The summed E-state index contributed by atoms with van der Waals surface area (Å²) in [5, 5.41) is 30.5. The van der Waals surface area contributed by atoms with Crippen LogP contribution in [-0.4, -0.2) is 21.2 Å². The van der Waals surface area contributed by atoms with Crippen LogP contribution in [0.15, 0.2) is 69.9 Å². The molecule has 10 heteroatoms. The first-order chi connectivity index (χ1) is 15.2. The normalized spacial score (nSPS) is 10.8. The molecule has 1 aromatic heterocycles. The second-order valence-electron chi connectivity index (χ2n) is 6.72. The lowest BCUT2D eigenvalue weighted by Gasteiger charge is -2.13. The number of primary amides is 1. The number of nitrogens with zero attached hydrogens (tertiary/aromatic N) is 1. The van der Waals surface area contributed by atoms with Crippen LogP contribution in [0.2, 0.25) is 0 Å². The summed E-state index contributed by atoms with van der Waals surface area (Å²) in [6.45, 7) is 0. The lowest BCUT2D eigenvalue weighted by molar-refractivity contribution is -0.384. The fourth-order valence-electron chi connectivity index (χ4n) is 3.29. The van der Waals surface area contributed by atoms with Crippen molar-refractivity contribution in [3.05, 3.63) is 81.0 Å². The molecule has 0 unspecified atom stereocenters. The number of amides is 1. The lowest BCUT2D eigenvalue weighted by Crippen LogP contribution is -2.18. The number of phenolic OH excluding ortho intramolecular Hbond substituents is 2. The molecule has 0 aliphatic heterocycles. The summed E-state index contributed by atoms with van der Waals surface area (Å²) in [6, 6.07) is 13.3. The number of phenols is 2. The van der Waals surface area contributed by atoms with Gasteiger partial charge in [0.2, 0.25) is 5.43 Å². The molecule has 4 N–H and O–H groups in total. The molecule has 10 nitrogen and oxygen atoms in total. The molecule has 160 valence electrons. The highest BCUT2D eigenvalue weighted by atomic mass is 16.6. The largest absolute Gasteiger partial charge is 0.508 e. The van der Waals surface area contributed by atoms with Crippen LogP contribution in [0.25, 0.3) is 33.4 Å². The van der Waals surface area contributed by atoms with E-state index in [0.717, 1.165) is 6.07 Å². The Morgan fingerprint density at radius 2 is 1.59 bits per heavy atom. The van der Waals surface area contributed by atoms with Gasteiger partial charge in [-0.25, -0.2) is 4.79 Å². The maximum atomic E-state index is 13.6. The van der Waals surface area contributed by atoms with Crippen molar-refractivity contribution >= 4 is 22.7 Å². The van der Waals surface area contributed by atoms with Gasteiger partial charge in [-0.05, 0) is 29.8 Å². The molecule has 1 amide bonds. The number of aromatic hydroxyl groups is 2. The highest BCUT2D eigenvalue weighted by Gasteiger charge is 2.22. The molecule has 4 rings (SSSR count). The molecule has 0 saturated heterocycles. The van der Waals surface area contributed by atoms with Gasteiger partial charge in [-0.2, -0.15) is 0 Å². The van der Waals surface area contributed by atoms with Gasteiger partial charge in [0.05, 0.1) is 10.5 Å². The number of carbonyl (C=O) groups excluding carboxylic acids is 1. The van der Waals surface area contributed by atoms with E-state index < -0.39 is 16.4 Å². The number of rotatable bonds is 4. The van der Waals surface area contributed by atoms with Crippen molar-refractivity contribution in [2.24, 2.45) is 5.73 Å². The third kappa shape index (κ3) is 3.67. The average Bonchev–Trinajstić information content (AvgIpc) is 2.73. The topological polar surface area (TPSA) is 166 Å². The number of non-ortho nitro benzene ring substituents is 1. The van der Waals surface area contributed by atoms with Gasteiger partial charge in [-0.1, -0.05) is 12.1 Å². The van der Waals surface area contributed by atoms with Crippen molar-refractivity contribution in [1.82, 2.24) is 0 Å². The minimum absolute atomic E-state index is 0.0292. The Morgan fingerprint density at radius 1 is 0.969 bits per heavy atom. The van der Waals surface area contributed by atoms with Crippen LogP contribution in [-0.2, 0) is 0 Å². The predicted octanol–water partition coefficient (Wildman–Crippen LogP) is 3.90. The molecule has 0 atom stereocenters. The summed E-state index contributed by atoms with van der Waals surface area (Å²) in [6.07, 6.45) is -1.19. The molecule has 0 bridgehead atoms. The Bertz CT molecular complexity index is 1420. The van der Waals surface area contributed by atoms with Gasteiger partial charge in [0.1, 0.15) is 28.2 Å². The van der Waals surface area contributed by atoms with Gasteiger partial charge in [0.15, 0.2) is 5.75 Å². The molecule has 0 spiro atoms. The number of nitrogens with two attached hydrogens (primary N) is 1. The monoisotopic (exact) mass is 434 g/mol. The Balaban J connectivity index is 2.08. The zero-order valence-electron chi connectivity index (χ0n) is 16.1. The minimum Gasteiger partial charge on any atom is -0.508 e. The number of nitro benzene ring substituents is 1. The molecule has 0 saturated carbocycles. The summed E-state index contributed by atoms with van der Waals surface area (Å²) in [5.74, 6) is -0.613. The van der Waals surface area contributed by atoms with Crippen molar-refractivity contribution in [3.63, 3.8) is 0 Å². The maximum Gasteiger partial charge on any atom is 0.409 e. The summed E-state index contributed by atoms with van der Waals surface area (Å²) in [7, 11) is 0. The van der Waals surface area contributed by atoms with Crippen molar-refractivity contribution < 1.29 is 29.1 Å². The molecule has 0 fully saturated rings. The number of hydrogen-bond donors (Lipinski definition) is 3. The number of fused-ring (bicyclic) bond motifs is 1. The molecule has 0 radical (unpaired) electrons. The average molecular weight is 434 g/mol. The van der Waals surface area contributed by atoms with Crippen LogP contribution in [0.3, 0.4) is 0 Å². The standard InChI is InChI=1S/C22H14N2O8/c23-22(28)32-17-10-15(26)9-16-19(17)20(27)18(11-3-7-14(25)8-4-11)21(31-16)12-1-5-13(6-2-12)24(29)30/h1-10,25-26H,(H2,23,28). The van der Waals surface area contributed by atoms with E-state index in [2.05, 4.69) is 0 Å². The maximum absolute atomic E-state index is 13.6. The van der Waals surface area contributed by atoms with Crippen LogP contribution >= 0.6 is 0 Å². The van der Waals surface area contributed by atoms with Crippen LogP contribution < -0.4 is 15.9 Å². The van der Waals surface area contributed by atoms with Crippen LogP contribution in [0.4, 0.5) is 10.5 Å². The van der Waals surface area contributed by atoms with E-state index in [9.17, 15) is 29.9 Å². The van der Waals surface area contributed by atoms with E-state index in [0.29, 0.717) is 11.1 Å². The highest BCUT2D eigenvalue weighted by molar-refractivity contribution is 5.94. The van der Waals surface area contributed by atoms with E-state index in [1.807, 2.05) is 0 Å². The van der Waals surface area contributed by atoms with E-state index in [1.54, 1.807) is 0 Å². The fraction of sp³-hybridized carbons (Fsp3) is 0. The number of carbonyl (C=O) groups is 1. The van der Waals surface area contributed by atoms with Gasteiger partial charge in [0.25, 0.3) is 5.69 Å². The van der Waals surface area contributed by atoms with E-state index in [-0.39, 0.29) is 45.2 Å². The zero-order chi connectivity index (χ0) is 23.0. The first kappa shape index (κ1) is 20.4. The Labute approximate surface area is 178 Å². The first-order valence-corrected chi connectivity index (χ1v) is 9.10. The van der Waals surface area contributed by atoms with Crippen LogP contribution in [0.1, 0.15) is 0 Å². The number of hydrogen-bond acceptors (Lipinski definition) is 8. The third-order valence-corrected chi connectivity index (χ3v) is 4.65. The lowest BCUT2D eigenvalue weighted by atomic mass is 9.98. The Kier molecular flexibility index (Phi) is 4.95. The zero-order valence-corrected chi connectivity index (χ0v) is 16.1. The number of ether oxygens (including phenoxy) is 1. The summed E-state index contributed by atoms with van der Waals surface area (Å²) >= 11 is 0. The third-order valence-electron chi connectivity index (χ3n) is 4.65. The summed E-state index contributed by atoms with van der Waals surface area (Å²) in [4.78, 5) is 35.3. The van der Waals surface area contributed by atoms with E-state index >= 15 is 0 Å². The highest BCUT2D eigenvalue weighted by Crippen LogP contribution is 2.37. The molecule has 1 heterocycles. The van der Waals surface area contributed by atoms with Crippen LogP contribution in [0.5, 0.6) is 17.2 Å². The smallest absolute Gasteiger partial charge is 0.409 e. The number of benzene rings is 3. The van der Waals surface area contributed by atoms with Gasteiger partial charge in [-0.3, -0.25) is 14.9 Å². The SMILES string of the molecule is NC(=O)Oc1cc(O)cc2oc(-c3ccc([N+](=O)[O-])cc3)c(-c3ccc(O)cc3)c(=O)c12. The van der Waals surface area contributed by atoms with E-state index in [4.69, 9.17) is 14.9 Å².